The zero-order chi connectivity index (χ0) is 32.7. The Labute approximate surface area is 285 Å². The van der Waals surface area contributed by atoms with E-state index in [2.05, 4.69) is 183 Å². The van der Waals surface area contributed by atoms with Gasteiger partial charge in [-0.15, -0.1) is 0 Å². The van der Waals surface area contributed by atoms with E-state index in [4.69, 9.17) is 4.42 Å². The van der Waals surface area contributed by atoms with Crippen molar-refractivity contribution in [3.05, 3.63) is 175 Å². The van der Waals surface area contributed by atoms with Crippen LogP contribution in [0.5, 0.6) is 0 Å². The van der Waals surface area contributed by atoms with Gasteiger partial charge in [-0.25, -0.2) is 0 Å². The summed E-state index contributed by atoms with van der Waals surface area (Å²) < 4.78 is 6.75. The maximum Gasteiger partial charge on any atom is 0.145 e. The van der Waals surface area contributed by atoms with Crippen LogP contribution in [-0.2, 0) is 5.41 Å². The molecule has 1 aromatic heterocycles. The molecule has 0 bridgehead atoms. The first-order valence-electron chi connectivity index (χ1n) is 17.0. The second kappa shape index (κ2) is 10.4. The number of benzene rings is 8. The molecule has 0 N–H and O–H groups in total. The molecule has 0 fully saturated rings. The Hall–Kier alpha value is -6.12. The van der Waals surface area contributed by atoms with Crippen molar-refractivity contribution >= 4 is 60.5 Å². The van der Waals surface area contributed by atoms with E-state index in [0.717, 1.165) is 49.8 Å². The monoisotopic (exact) mass is 627 g/mol. The zero-order valence-corrected chi connectivity index (χ0v) is 27.4. The van der Waals surface area contributed by atoms with Gasteiger partial charge in [0.25, 0.3) is 0 Å². The van der Waals surface area contributed by atoms with Crippen LogP contribution >= 0.6 is 0 Å². The molecule has 0 saturated carbocycles. The topological polar surface area (TPSA) is 16.4 Å². The van der Waals surface area contributed by atoms with E-state index in [1.165, 1.54) is 44.2 Å². The Balaban J connectivity index is 1.36. The van der Waals surface area contributed by atoms with Crippen molar-refractivity contribution in [2.45, 2.75) is 19.3 Å². The zero-order valence-electron chi connectivity index (χ0n) is 27.4. The van der Waals surface area contributed by atoms with E-state index in [1.807, 2.05) is 0 Å². The van der Waals surface area contributed by atoms with Crippen LogP contribution in [0.3, 0.4) is 0 Å². The van der Waals surface area contributed by atoms with E-state index in [9.17, 15) is 0 Å². The Morgan fingerprint density at radius 3 is 2.00 bits per heavy atom. The van der Waals surface area contributed by atoms with Gasteiger partial charge in [0.1, 0.15) is 11.2 Å². The number of hydrogen-bond donors (Lipinski definition) is 0. The van der Waals surface area contributed by atoms with E-state index < -0.39 is 0 Å². The lowest BCUT2D eigenvalue weighted by atomic mass is 9.82. The SMILES string of the molecule is CC1(C)c2ccccc2-c2c(N(c3ccccc3-c3ccc4ccccc4c3)c3cc4ccccc4c4oc5ccccc5c34)cccc21. The normalized spacial score (nSPS) is 13.3. The molecular weight excluding hydrogens is 595 g/mol. The average Bonchev–Trinajstić information content (AvgIpc) is 3.65. The van der Waals surface area contributed by atoms with E-state index in [1.54, 1.807) is 0 Å². The van der Waals surface area contributed by atoms with Crippen molar-refractivity contribution in [2.75, 3.05) is 4.90 Å². The van der Waals surface area contributed by atoms with Gasteiger partial charge in [0.2, 0.25) is 0 Å². The maximum absolute atomic E-state index is 6.75. The lowest BCUT2D eigenvalue weighted by molar-refractivity contribution is 0.660. The summed E-state index contributed by atoms with van der Waals surface area (Å²) in [5, 5.41) is 6.95. The summed E-state index contributed by atoms with van der Waals surface area (Å²) in [6.07, 6.45) is 0. The third kappa shape index (κ3) is 4.07. The maximum atomic E-state index is 6.75. The molecule has 0 atom stereocenters. The first kappa shape index (κ1) is 27.9. The highest BCUT2D eigenvalue weighted by Gasteiger charge is 2.38. The van der Waals surface area contributed by atoms with Gasteiger partial charge in [-0.05, 0) is 68.7 Å². The molecule has 9 aromatic rings. The van der Waals surface area contributed by atoms with Gasteiger partial charge >= 0.3 is 0 Å². The molecule has 49 heavy (non-hydrogen) atoms. The number of rotatable bonds is 4. The van der Waals surface area contributed by atoms with Crippen molar-refractivity contribution < 1.29 is 4.42 Å². The van der Waals surface area contributed by atoms with Crippen molar-refractivity contribution in [1.29, 1.82) is 0 Å². The second-order valence-electron chi connectivity index (χ2n) is 13.7. The van der Waals surface area contributed by atoms with Crippen LogP contribution in [-0.4, -0.2) is 0 Å². The first-order chi connectivity index (χ1) is 24.1. The fraction of sp³-hybridized carbons (Fsp3) is 0.0638. The molecule has 232 valence electrons. The third-order valence-corrected chi connectivity index (χ3v) is 10.6. The van der Waals surface area contributed by atoms with E-state index in [-0.39, 0.29) is 5.41 Å². The first-order valence-corrected chi connectivity index (χ1v) is 17.0. The molecule has 0 amide bonds. The van der Waals surface area contributed by atoms with Gasteiger partial charge in [0, 0.05) is 27.3 Å². The summed E-state index contributed by atoms with van der Waals surface area (Å²) in [7, 11) is 0. The molecule has 0 aliphatic heterocycles. The average molecular weight is 628 g/mol. The minimum Gasteiger partial charge on any atom is -0.455 e. The highest BCUT2D eigenvalue weighted by molar-refractivity contribution is 6.22. The Morgan fingerprint density at radius 2 is 1.12 bits per heavy atom. The molecule has 0 spiro atoms. The molecule has 0 saturated heterocycles. The Morgan fingerprint density at radius 1 is 0.469 bits per heavy atom. The van der Waals surface area contributed by atoms with Crippen LogP contribution in [0, 0.1) is 0 Å². The Kier molecular flexibility index (Phi) is 5.95. The van der Waals surface area contributed by atoms with Gasteiger partial charge < -0.3 is 9.32 Å². The quantitative estimate of drug-likeness (QED) is 0.193. The highest BCUT2D eigenvalue weighted by atomic mass is 16.3. The summed E-state index contributed by atoms with van der Waals surface area (Å²) in [5.41, 5.74) is 12.7. The van der Waals surface area contributed by atoms with Crippen molar-refractivity contribution in [3.8, 4) is 22.3 Å². The molecule has 10 rings (SSSR count). The molecule has 1 heterocycles. The number of hydrogen-bond acceptors (Lipinski definition) is 2. The number of nitrogens with zero attached hydrogens (tertiary/aromatic N) is 1. The second-order valence-corrected chi connectivity index (χ2v) is 13.7. The van der Waals surface area contributed by atoms with Crippen LogP contribution in [0.15, 0.2) is 168 Å². The number of furan rings is 1. The molecule has 2 heteroatoms. The molecule has 2 nitrogen and oxygen atoms in total. The van der Waals surface area contributed by atoms with Gasteiger partial charge in [-0.3, -0.25) is 0 Å². The predicted molar refractivity (Wildman–Crippen MR) is 206 cm³/mol. The summed E-state index contributed by atoms with van der Waals surface area (Å²) in [6, 6.07) is 59.5. The lowest BCUT2D eigenvalue weighted by Gasteiger charge is -2.31. The summed E-state index contributed by atoms with van der Waals surface area (Å²) >= 11 is 0. The predicted octanol–water partition coefficient (Wildman–Crippen LogP) is 13.3. The molecule has 1 aliphatic carbocycles. The van der Waals surface area contributed by atoms with Crippen LogP contribution in [0.2, 0.25) is 0 Å². The molecule has 8 aromatic carbocycles. The molecule has 0 radical (unpaired) electrons. The third-order valence-electron chi connectivity index (χ3n) is 10.6. The van der Waals surface area contributed by atoms with Gasteiger partial charge in [0.15, 0.2) is 0 Å². The summed E-state index contributed by atoms with van der Waals surface area (Å²) in [6.45, 7) is 4.71. The van der Waals surface area contributed by atoms with Gasteiger partial charge in [-0.2, -0.15) is 0 Å². The van der Waals surface area contributed by atoms with E-state index >= 15 is 0 Å². The lowest BCUT2D eigenvalue weighted by Crippen LogP contribution is -2.16. The number of anilines is 3. The smallest absolute Gasteiger partial charge is 0.145 e. The largest absolute Gasteiger partial charge is 0.455 e. The van der Waals surface area contributed by atoms with Crippen LogP contribution in [0.4, 0.5) is 17.1 Å². The van der Waals surface area contributed by atoms with Crippen molar-refractivity contribution in [1.82, 2.24) is 0 Å². The minimum atomic E-state index is -0.132. The van der Waals surface area contributed by atoms with Crippen LogP contribution < -0.4 is 4.90 Å². The van der Waals surface area contributed by atoms with Crippen molar-refractivity contribution in [3.63, 3.8) is 0 Å². The summed E-state index contributed by atoms with van der Waals surface area (Å²) in [5.74, 6) is 0. The number of fused-ring (bicyclic) bond motifs is 9. The molecular formula is C47H33NO. The fourth-order valence-corrected chi connectivity index (χ4v) is 8.30. The fourth-order valence-electron chi connectivity index (χ4n) is 8.30. The van der Waals surface area contributed by atoms with Crippen LogP contribution in [0.25, 0.3) is 65.7 Å². The molecule has 0 unspecified atom stereocenters. The highest BCUT2D eigenvalue weighted by Crippen LogP contribution is 2.56. The minimum absolute atomic E-state index is 0.132. The molecule has 1 aliphatic rings. The van der Waals surface area contributed by atoms with Gasteiger partial charge in [-0.1, -0.05) is 147 Å². The summed E-state index contributed by atoms with van der Waals surface area (Å²) in [4.78, 5) is 2.51. The van der Waals surface area contributed by atoms with Crippen LogP contribution in [0.1, 0.15) is 25.0 Å². The Bertz CT molecular complexity index is 2770. The number of para-hydroxylation sites is 2. The van der Waals surface area contributed by atoms with Gasteiger partial charge in [0.05, 0.1) is 22.4 Å². The van der Waals surface area contributed by atoms with E-state index in [0.29, 0.717) is 0 Å². The standard InChI is InChI=1S/C47H33NO/c1-47(2)38-21-10-7-19-36(38)44-39(47)22-13-24-41(44)48(40-23-11-8-17-34(40)33-27-26-30-14-3-4-15-31(30)28-33)42-29-32-16-5-6-18-35(32)46-45(42)37-20-9-12-25-43(37)49-46/h3-29H,1-2H3. The van der Waals surface area contributed by atoms with Crippen molar-refractivity contribution in [2.24, 2.45) is 0 Å².